The van der Waals surface area contributed by atoms with E-state index in [1.165, 1.54) is 6.08 Å². The highest BCUT2D eigenvalue weighted by molar-refractivity contribution is 5.91. The van der Waals surface area contributed by atoms with Crippen molar-refractivity contribution < 1.29 is 28.9 Å². The Kier molecular flexibility index (Phi) is 5.08. The van der Waals surface area contributed by atoms with Gasteiger partial charge in [0.25, 0.3) is 0 Å². The second-order valence-corrected chi connectivity index (χ2v) is 7.69. The molecule has 3 aliphatic rings. The van der Waals surface area contributed by atoms with E-state index in [-0.39, 0.29) is 18.3 Å². The summed E-state index contributed by atoms with van der Waals surface area (Å²) in [6.07, 6.45) is 4.33. The van der Waals surface area contributed by atoms with Crippen molar-refractivity contribution in [2.45, 2.75) is 63.9 Å². The molecule has 5 unspecified atom stereocenters. The van der Waals surface area contributed by atoms with Crippen LogP contribution in [0.15, 0.2) is 35.5 Å². The smallest absolute Gasteiger partial charge is 0.334 e. The molecule has 142 valence electrons. The molecule has 6 nitrogen and oxygen atoms in total. The Bertz CT molecular complexity index is 690. The van der Waals surface area contributed by atoms with Crippen LogP contribution in [-0.4, -0.2) is 47.6 Å². The standard InChI is InChI=1S/C20H26O6/c1-11-6-5-7-20(4)18(26-20)17-16(13(3)19(23)25-17)14(8-11)24-15(22)9-12(2)10-21/h6,9,14,16-18,21H,3,5,7-8,10H2,1-2,4H3. The van der Waals surface area contributed by atoms with E-state index in [4.69, 9.17) is 19.3 Å². The maximum Gasteiger partial charge on any atom is 0.334 e. The van der Waals surface area contributed by atoms with Crippen LogP contribution in [0.5, 0.6) is 0 Å². The normalized spacial score (nSPS) is 37.2. The summed E-state index contributed by atoms with van der Waals surface area (Å²) in [6.45, 7) is 9.32. The molecule has 0 spiro atoms. The lowest BCUT2D eigenvalue weighted by atomic mass is 9.82. The van der Waals surface area contributed by atoms with Crippen LogP contribution in [0.4, 0.5) is 0 Å². The Hall–Kier alpha value is -1.92. The molecule has 0 aromatic heterocycles. The Morgan fingerprint density at radius 3 is 2.96 bits per heavy atom. The molecule has 1 aliphatic carbocycles. The molecule has 2 heterocycles. The van der Waals surface area contributed by atoms with Crippen LogP contribution in [0.3, 0.4) is 0 Å². The molecule has 2 fully saturated rings. The SMILES string of the molecule is C=C1C(=O)OC2C1C(OC(=O)C=C(C)CO)CC(C)=CCCC1(C)OC21. The predicted molar refractivity (Wildman–Crippen MR) is 94.1 cm³/mol. The van der Waals surface area contributed by atoms with E-state index < -0.39 is 30.1 Å². The minimum absolute atomic E-state index is 0.210. The zero-order valence-electron chi connectivity index (χ0n) is 15.5. The van der Waals surface area contributed by atoms with E-state index in [1.54, 1.807) is 6.92 Å². The highest BCUT2D eigenvalue weighted by atomic mass is 16.6. The van der Waals surface area contributed by atoms with Gasteiger partial charge in [0.2, 0.25) is 0 Å². The number of epoxide rings is 1. The maximum absolute atomic E-state index is 12.3. The number of ether oxygens (including phenoxy) is 3. The van der Waals surface area contributed by atoms with Gasteiger partial charge in [-0.15, -0.1) is 0 Å². The van der Waals surface area contributed by atoms with Crippen LogP contribution in [0.2, 0.25) is 0 Å². The van der Waals surface area contributed by atoms with Crippen molar-refractivity contribution in [1.82, 2.24) is 0 Å². The van der Waals surface area contributed by atoms with Gasteiger partial charge >= 0.3 is 11.9 Å². The lowest BCUT2D eigenvalue weighted by molar-refractivity contribution is -0.147. The van der Waals surface area contributed by atoms with Crippen molar-refractivity contribution in [3.8, 4) is 0 Å². The number of carbonyl (C=O) groups is 2. The molecule has 2 saturated heterocycles. The first kappa shape index (κ1) is 18.9. The largest absolute Gasteiger partial charge is 0.458 e. The van der Waals surface area contributed by atoms with E-state index in [0.29, 0.717) is 17.6 Å². The first-order valence-corrected chi connectivity index (χ1v) is 8.97. The molecular formula is C20H26O6. The van der Waals surface area contributed by atoms with Gasteiger partial charge in [-0.2, -0.15) is 0 Å². The van der Waals surface area contributed by atoms with Gasteiger partial charge in [0.1, 0.15) is 18.3 Å². The van der Waals surface area contributed by atoms with Gasteiger partial charge in [-0.1, -0.05) is 18.2 Å². The second-order valence-electron chi connectivity index (χ2n) is 7.69. The number of hydrogen-bond acceptors (Lipinski definition) is 6. The zero-order valence-corrected chi connectivity index (χ0v) is 15.5. The summed E-state index contributed by atoms with van der Waals surface area (Å²) < 4.78 is 17.1. The molecule has 6 heteroatoms. The van der Waals surface area contributed by atoms with Crippen molar-refractivity contribution in [2.24, 2.45) is 5.92 Å². The van der Waals surface area contributed by atoms with E-state index in [2.05, 4.69) is 12.7 Å². The Balaban J connectivity index is 1.90. The second kappa shape index (κ2) is 7.00. The number of aliphatic hydroxyl groups excluding tert-OH is 1. The van der Waals surface area contributed by atoms with Crippen molar-refractivity contribution in [1.29, 1.82) is 0 Å². The van der Waals surface area contributed by atoms with Crippen molar-refractivity contribution in [3.05, 3.63) is 35.5 Å². The zero-order chi connectivity index (χ0) is 19.1. The summed E-state index contributed by atoms with van der Waals surface area (Å²) in [7, 11) is 0. The Morgan fingerprint density at radius 2 is 2.27 bits per heavy atom. The number of rotatable bonds is 3. The van der Waals surface area contributed by atoms with Crippen LogP contribution in [-0.2, 0) is 23.8 Å². The molecule has 3 rings (SSSR count). The summed E-state index contributed by atoms with van der Waals surface area (Å²) in [6, 6.07) is 0. The van der Waals surface area contributed by atoms with E-state index in [0.717, 1.165) is 18.4 Å². The van der Waals surface area contributed by atoms with E-state index in [9.17, 15) is 9.59 Å². The lowest BCUT2D eigenvalue weighted by Crippen LogP contribution is -2.38. The van der Waals surface area contributed by atoms with Gasteiger partial charge in [0.15, 0.2) is 0 Å². The van der Waals surface area contributed by atoms with Crippen LogP contribution in [0, 0.1) is 5.92 Å². The predicted octanol–water partition coefficient (Wildman–Crippen LogP) is 2.22. The third kappa shape index (κ3) is 3.62. The van der Waals surface area contributed by atoms with Gasteiger partial charge in [-0.05, 0) is 39.2 Å². The summed E-state index contributed by atoms with van der Waals surface area (Å²) in [5.41, 5.74) is 1.58. The molecule has 0 bridgehead atoms. The quantitative estimate of drug-likeness (QED) is 0.359. The highest BCUT2D eigenvalue weighted by Crippen LogP contribution is 2.50. The van der Waals surface area contributed by atoms with E-state index >= 15 is 0 Å². The average Bonchev–Trinajstić information content (AvgIpc) is 3.14. The van der Waals surface area contributed by atoms with E-state index in [1.807, 2.05) is 13.8 Å². The summed E-state index contributed by atoms with van der Waals surface area (Å²) in [5, 5.41) is 9.10. The maximum atomic E-state index is 12.3. The number of hydrogen-bond donors (Lipinski definition) is 1. The number of allylic oxidation sites excluding steroid dienone is 1. The minimum atomic E-state index is -0.572. The van der Waals surface area contributed by atoms with Gasteiger partial charge in [0.05, 0.1) is 18.1 Å². The summed E-state index contributed by atoms with van der Waals surface area (Å²) in [5.74, 6) is -1.44. The molecule has 0 amide bonds. The average molecular weight is 362 g/mol. The first-order chi connectivity index (χ1) is 12.2. The third-order valence-electron chi connectivity index (χ3n) is 5.44. The molecule has 1 N–H and O–H groups in total. The van der Waals surface area contributed by atoms with Gasteiger partial charge in [-0.3, -0.25) is 0 Å². The molecule has 0 radical (unpaired) electrons. The number of fused-ring (bicyclic) bond motifs is 3. The van der Waals surface area contributed by atoms with Gasteiger partial charge < -0.3 is 19.3 Å². The fourth-order valence-corrected chi connectivity index (χ4v) is 3.84. The molecule has 5 atom stereocenters. The molecule has 26 heavy (non-hydrogen) atoms. The molecular weight excluding hydrogens is 336 g/mol. The highest BCUT2D eigenvalue weighted by Gasteiger charge is 2.63. The van der Waals surface area contributed by atoms with Crippen LogP contribution in [0.25, 0.3) is 0 Å². The molecule has 2 aliphatic heterocycles. The molecule has 0 aromatic rings. The molecule has 0 aromatic carbocycles. The number of esters is 2. The fraction of sp³-hybridized carbons (Fsp3) is 0.600. The van der Waals surface area contributed by atoms with Crippen molar-refractivity contribution in [3.63, 3.8) is 0 Å². The van der Waals surface area contributed by atoms with Crippen LogP contribution in [0.1, 0.15) is 40.0 Å². The van der Waals surface area contributed by atoms with Crippen molar-refractivity contribution >= 4 is 11.9 Å². The summed E-state index contributed by atoms with van der Waals surface area (Å²) in [4.78, 5) is 24.4. The molecule has 0 saturated carbocycles. The minimum Gasteiger partial charge on any atom is -0.458 e. The summed E-state index contributed by atoms with van der Waals surface area (Å²) >= 11 is 0. The fourth-order valence-electron chi connectivity index (χ4n) is 3.84. The first-order valence-electron chi connectivity index (χ1n) is 8.97. The Labute approximate surface area is 153 Å². The Morgan fingerprint density at radius 1 is 1.54 bits per heavy atom. The topological polar surface area (TPSA) is 85.4 Å². The van der Waals surface area contributed by atoms with Crippen LogP contribution < -0.4 is 0 Å². The third-order valence-corrected chi connectivity index (χ3v) is 5.44. The lowest BCUT2D eigenvalue weighted by Gasteiger charge is -2.27. The van der Waals surface area contributed by atoms with Gasteiger partial charge in [0, 0.05) is 18.1 Å². The number of aliphatic hydroxyl groups is 1. The van der Waals surface area contributed by atoms with Crippen molar-refractivity contribution in [2.75, 3.05) is 6.61 Å². The monoisotopic (exact) mass is 362 g/mol. The van der Waals surface area contributed by atoms with Gasteiger partial charge in [-0.25, -0.2) is 9.59 Å². The van der Waals surface area contributed by atoms with Crippen LogP contribution >= 0.6 is 0 Å². The number of carbonyl (C=O) groups excluding carboxylic acids is 2.